The lowest BCUT2D eigenvalue weighted by Crippen LogP contribution is -2.20. The monoisotopic (exact) mass is 254 g/mol. The Bertz CT molecular complexity index is 447. The number of rotatable bonds is 7. The Kier molecular flexibility index (Phi) is 4.06. The van der Waals surface area contributed by atoms with E-state index in [1.54, 1.807) is 16.3 Å². The highest BCUT2D eigenvalue weighted by Crippen LogP contribution is 2.20. The fourth-order valence-electron chi connectivity index (χ4n) is 1.49. The summed E-state index contributed by atoms with van der Waals surface area (Å²) in [4.78, 5) is 11.3. The maximum atomic E-state index is 11.3. The largest absolute Gasteiger partial charge is 0.343 e. The number of aromatic amines is 1. The van der Waals surface area contributed by atoms with Crippen molar-refractivity contribution in [2.24, 2.45) is 0 Å². The van der Waals surface area contributed by atoms with Crippen molar-refractivity contribution in [1.29, 1.82) is 0 Å². The molecule has 6 heteroatoms. The average molecular weight is 254 g/mol. The highest BCUT2D eigenvalue weighted by Gasteiger charge is 2.20. The lowest BCUT2D eigenvalue weighted by molar-refractivity contribution is 0.660. The standard InChI is InChI=1S/C11H18N4OS/c1-3-15-10(16)13-14-11(15)17-7-8(2)6-12-9-4-5-9/h9,12H,2-7H2,1H3,(H,13,16). The minimum Gasteiger partial charge on any atom is -0.310 e. The van der Waals surface area contributed by atoms with Crippen LogP contribution in [-0.2, 0) is 6.54 Å². The van der Waals surface area contributed by atoms with Crippen LogP contribution in [0.2, 0.25) is 0 Å². The lowest BCUT2D eigenvalue weighted by Gasteiger charge is -2.06. The summed E-state index contributed by atoms with van der Waals surface area (Å²) in [6, 6.07) is 0.705. The van der Waals surface area contributed by atoms with Gasteiger partial charge in [-0.05, 0) is 19.8 Å². The van der Waals surface area contributed by atoms with E-state index < -0.39 is 0 Å². The molecule has 0 spiro atoms. The summed E-state index contributed by atoms with van der Waals surface area (Å²) in [5.74, 6) is 0.796. The van der Waals surface area contributed by atoms with Gasteiger partial charge < -0.3 is 5.32 Å². The first-order valence-electron chi connectivity index (χ1n) is 5.88. The Morgan fingerprint density at radius 3 is 3.12 bits per heavy atom. The van der Waals surface area contributed by atoms with E-state index in [4.69, 9.17) is 0 Å². The smallest absolute Gasteiger partial charge is 0.310 e. The first kappa shape index (κ1) is 12.4. The molecule has 0 unspecified atom stereocenters. The van der Waals surface area contributed by atoms with E-state index >= 15 is 0 Å². The highest BCUT2D eigenvalue weighted by molar-refractivity contribution is 7.99. The Morgan fingerprint density at radius 1 is 1.71 bits per heavy atom. The Labute approximate surface area is 105 Å². The number of hydrogen-bond acceptors (Lipinski definition) is 4. The van der Waals surface area contributed by atoms with E-state index in [0.717, 1.165) is 23.0 Å². The van der Waals surface area contributed by atoms with E-state index in [1.165, 1.54) is 12.8 Å². The summed E-state index contributed by atoms with van der Waals surface area (Å²) in [6.07, 6.45) is 2.57. The van der Waals surface area contributed by atoms with Gasteiger partial charge in [-0.25, -0.2) is 9.89 Å². The number of thioether (sulfide) groups is 1. The van der Waals surface area contributed by atoms with Crippen LogP contribution in [0.3, 0.4) is 0 Å². The quantitative estimate of drug-likeness (QED) is 0.563. The first-order chi connectivity index (χ1) is 8.20. The zero-order valence-electron chi connectivity index (χ0n) is 10.0. The molecule has 94 valence electrons. The Balaban J connectivity index is 1.79. The summed E-state index contributed by atoms with van der Waals surface area (Å²) in [5, 5.41) is 10.6. The third kappa shape index (κ3) is 3.47. The van der Waals surface area contributed by atoms with Gasteiger partial charge >= 0.3 is 5.69 Å². The Hall–Kier alpha value is -1.01. The van der Waals surface area contributed by atoms with Gasteiger partial charge in [-0.15, -0.1) is 5.10 Å². The van der Waals surface area contributed by atoms with Crippen LogP contribution in [0.15, 0.2) is 22.1 Å². The predicted molar refractivity (Wildman–Crippen MR) is 69.4 cm³/mol. The molecular formula is C11H18N4OS. The number of hydrogen-bond donors (Lipinski definition) is 2. The molecule has 0 radical (unpaired) electrons. The molecule has 17 heavy (non-hydrogen) atoms. The van der Waals surface area contributed by atoms with Crippen LogP contribution in [0.25, 0.3) is 0 Å². The van der Waals surface area contributed by atoms with Gasteiger partial charge in [-0.3, -0.25) is 4.57 Å². The van der Waals surface area contributed by atoms with Gasteiger partial charge in [0, 0.05) is 24.9 Å². The molecule has 0 amide bonds. The maximum Gasteiger partial charge on any atom is 0.343 e. The molecular weight excluding hydrogens is 236 g/mol. The minimum absolute atomic E-state index is 0.142. The van der Waals surface area contributed by atoms with E-state index in [9.17, 15) is 4.79 Å². The van der Waals surface area contributed by atoms with Gasteiger partial charge in [0.2, 0.25) is 0 Å². The van der Waals surface area contributed by atoms with Crippen molar-refractivity contribution in [3.8, 4) is 0 Å². The van der Waals surface area contributed by atoms with Crippen LogP contribution in [0, 0.1) is 0 Å². The second-order valence-electron chi connectivity index (χ2n) is 4.25. The molecule has 0 saturated heterocycles. The second kappa shape index (κ2) is 5.55. The van der Waals surface area contributed by atoms with E-state index in [1.807, 2.05) is 6.92 Å². The molecule has 2 rings (SSSR count). The minimum atomic E-state index is -0.142. The zero-order chi connectivity index (χ0) is 12.3. The molecule has 5 nitrogen and oxygen atoms in total. The number of nitrogens with one attached hydrogen (secondary N) is 2. The molecule has 0 aromatic carbocycles. The molecule has 1 fully saturated rings. The molecule has 0 aliphatic heterocycles. The van der Waals surface area contributed by atoms with Crippen LogP contribution in [0.1, 0.15) is 19.8 Å². The number of H-pyrrole nitrogens is 1. The third-order valence-corrected chi connectivity index (χ3v) is 3.79. The van der Waals surface area contributed by atoms with Crippen molar-refractivity contribution >= 4 is 11.8 Å². The van der Waals surface area contributed by atoms with Crippen LogP contribution < -0.4 is 11.0 Å². The molecule has 0 atom stereocenters. The molecule has 0 bridgehead atoms. The first-order valence-corrected chi connectivity index (χ1v) is 6.87. The van der Waals surface area contributed by atoms with Gasteiger partial charge in [0.15, 0.2) is 5.16 Å². The summed E-state index contributed by atoms with van der Waals surface area (Å²) >= 11 is 1.55. The molecule has 1 aromatic rings. The van der Waals surface area contributed by atoms with Crippen molar-refractivity contribution in [1.82, 2.24) is 20.1 Å². The number of aromatic nitrogens is 3. The molecule has 1 saturated carbocycles. The van der Waals surface area contributed by atoms with Crippen LogP contribution in [0.5, 0.6) is 0 Å². The van der Waals surface area contributed by atoms with Gasteiger partial charge in [-0.1, -0.05) is 23.9 Å². The molecule has 1 aliphatic carbocycles. The van der Waals surface area contributed by atoms with Crippen molar-refractivity contribution in [2.75, 3.05) is 12.3 Å². The Morgan fingerprint density at radius 2 is 2.47 bits per heavy atom. The second-order valence-corrected chi connectivity index (χ2v) is 5.19. The van der Waals surface area contributed by atoms with Crippen LogP contribution in [0.4, 0.5) is 0 Å². The molecule has 1 aromatic heterocycles. The van der Waals surface area contributed by atoms with E-state index in [2.05, 4.69) is 22.1 Å². The predicted octanol–water partition coefficient (Wildman–Crippen LogP) is 0.992. The lowest BCUT2D eigenvalue weighted by atomic mass is 10.3. The summed E-state index contributed by atoms with van der Waals surface area (Å²) in [6.45, 7) is 7.46. The van der Waals surface area contributed by atoms with Crippen LogP contribution >= 0.6 is 11.8 Å². The molecule has 1 aliphatic rings. The fraction of sp³-hybridized carbons (Fsp3) is 0.636. The maximum absolute atomic E-state index is 11.3. The van der Waals surface area contributed by atoms with Gasteiger partial charge in [-0.2, -0.15) is 0 Å². The van der Waals surface area contributed by atoms with Crippen molar-refractivity contribution in [3.05, 3.63) is 22.6 Å². The summed E-state index contributed by atoms with van der Waals surface area (Å²) in [5.41, 5.74) is 0.997. The van der Waals surface area contributed by atoms with Crippen molar-refractivity contribution in [3.63, 3.8) is 0 Å². The van der Waals surface area contributed by atoms with Crippen LogP contribution in [-0.4, -0.2) is 33.1 Å². The van der Waals surface area contributed by atoms with Gasteiger partial charge in [0.05, 0.1) is 0 Å². The highest BCUT2D eigenvalue weighted by atomic mass is 32.2. The normalized spacial score (nSPS) is 15.1. The molecule has 1 heterocycles. The van der Waals surface area contributed by atoms with Gasteiger partial charge in [0.1, 0.15) is 0 Å². The topological polar surface area (TPSA) is 62.7 Å². The summed E-state index contributed by atoms with van der Waals surface area (Å²) < 4.78 is 1.63. The van der Waals surface area contributed by atoms with Gasteiger partial charge in [0.25, 0.3) is 0 Å². The van der Waals surface area contributed by atoms with Crippen molar-refractivity contribution in [2.45, 2.75) is 37.5 Å². The van der Waals surface area contributed by atoms with E-state index in [0.29, 0.717) is 12.6 Å². The zero-order valence-corrected chi connectivity index (χ0v) is 10.8. The third-order valence-electron chi connectivity index (χ3n) is 2.66. The van der Waals surface area contributed by atoms with Crippen molar-refractivity contribution < 1.29 is 0 Å². The van der Waals surface area contributed by atoms with E-state index in [-0.39, 0.29) is 5.69 Å². The average Bonchev–Trinajstić information content (AvgIpc) is 3.08. The fourth-order valence-corrected chi connectivity index (χ4v) is 2.40. The molecule has 2 N–H and O–H groups in total. The number of nitrogens with zero attached hydrogens (tertiary/aromatic N) is 2. The SMILES string of the molecule is C=C(CNC1CC1)CSc1n[nH]c(=O)n1CC. The summed E-state index contributed by atoms with van der Waals surface area (Å²) in [7, 11) is 0.